The average molecular weight is 571 g/mol. The van der Waals surface area contributed by atoms with Crippen LogP contribution in [0.15, 0.2) is 30.5 Å². The molecular weight excluding hydrogens is 544 g/mol. The number of anilines is 3. The molecule has 2 heterocycles. The summed E-state index contributed by atoms with van der Waals surface area (Å²) in [4.78, 5) is 76.0. The fraction of sp³-hybridized carbons (Fsp3) is 0.227. The number of amides is 5. The van der Waals surface area contributed by atoms with E-state index in [1.807, 2.05) is 0 Å². The summed E-state index contributed by atoms with van der Waals surface area (Å²) in [6.07, 6.45) is 0.288. The third kappa shape index (κ3) is 7.46. The summed E-state index contributed by atoms with van der Waals surface area (Å²) in [7, 11) is 1.72. The van der Waals surface area contributed by atoms with E-state index >= 15 is 0 Å². The Bertz CT molecular complexity index is 1480. The van der Waals surface area contributed by atoms with Crippen LogP contribution >= 0.6 is 0 Å². The molecule has 3 aromatic rings. The number of benzene rings is 1. The second-order valence-electron chi connectivity index (χ2n) is 8.57. The largest absolute Gasteiger partial charge is 0.481 e. The maximum absolute atomic E-state index is 12.5. The number of hydrazine groups is 2. The SMILES string of the molecule is CN(Cc1cnc2nc(N(N)C(N)=O)nc(N(N)C(N)=O)c2n1)c1ccc(C(=O)NC(CC(=O)O)CC(=O)O)cc1. The van der Waals surface area contributed by atoms with Crippen LogP contribution in [0, 0.1) is 0 Å². The summed E-state index contributed by atoms with van der Waals surface area (Å²) in [5, 5.41) is 21.2. The molecular formula is C22H26N12O7. The number of carboxylic acids is 2. The lowest BCUT2D eigenvalue weighted by molar-refractivity contribution is -0.139. The van der Waals surface area contributed by atoms with E-state index in [1.54, 1.807) is 24.1 Å². The first-order valence-corrected chi connectivity index (χ1v) is 11.5. The van der Waals surface area contributed by atoms with Crippen molar-refractivity contribution < 1.29 is 34.2 Å². The molecule has 2 aromatic heterocycles. The van der Waals surface area contributed by atoms with E-state index in [0.29, 0.717) is 21.4 Å². The van der Waals surface area contributed by atoms with Gasteiger partial charge in [0.15, 0.2) is 17.0 Å². The number of hydrogen-bond acceptors (Lipinski definition) is 12. The van der Waals surface area contributed by atoms with Crippen LogP contribution in [-0.2, 0) is 16.1 Å². The molecule has 0 unspecified atom stereocenters. The first-order valence-electron chi connectivity index (χ1n) is 11.5. The molecule has 0 aliphatic rings. The number of nitrogens with one attached hydrogen (secondary N) is 1. The van der Waals surface area contributed by atoms with Gasteiger partial charge in [0.05, 0.1) is 37.3 Å². The minimum atomic E-state index is -1.25. The summed E-state index contributed by atoms with van der Waals surface area (Å²) in [5.74, 6) is 7.47. The second-order valence-corrected chi connectivity index (χ2v) is 8.57. The van der Waals surface area contributed by atoms with Crippen molar-refractivity contribution in [2.45, 2.75) is 25.4 Å². The lowest BCUT2D eigenvalue weighted by Gasteiger charge is -2.21. The summed E-state index contributed by atoms with van der Waals surface area (Å²) in [6.45, 7) is 0.167. The second kappa shape index (κ2) is 12.4. The van der Waals surface area contributed by atoms with Crippen LogP contribution < -0.4 is 43.4 Å². The van der Waals surface area contributed by atoms with Gasteiger partial charge in [-0.05, 0) is 24.3 Å². The minimum absolute atomic E-state index is 0.0249. The van der Waals surface area contributed by atoms with Gasteiger partial charge in [0, 0.05) is 18.3 Å². The monoisotopic (exact) mass is 570 g/mol. The zero-order valence-electron chi connectivity index (χ0n) is 21.5. The van der Waals surface area contributed by atoms with Gasteiger partial charge in [-0.3, -0.25) is 14.4 Å². The van der Waals surface area contributed by atoms with Crippen LogP contribution in [0.3, 0.4) is 0 Å². The Morgan fingerprint density at radius 3 is 2.02 bits per heavy atom. The number of urea groups is 2. The summed E-state index contributed by atoms with van der Waals surface area (Å²) >= 11 is 0. The van der Waals surface area contributed by atoms with Gasteiger partial charge in [0.1, 0.15) is 0 Å². The van der Waals surface area contributed by atoms with Crippen LogP contribution in [0.2, 0.25) is 0 Å². The molecule has 0 aliphatic carbocycles. The Hall–Kier alpha value is -5.69. The highest BCUT2D eigenvalue weighted by Gasteiger charge is 2.23. The van der Waals surface area contributed by atoms with E-state index in [1.165, 1.54) is 18.3 Å². The van der Waals surface area contributed by atoms with Crippen molar-refractivity contribution in [3.63, 3.8) is 0 Å². The topological polar surface area (TPSA) is 303 Å². The lowest BCUT2D eigenvalue weighted by Crippen LogP contribution is -2.45. The standard InChI is InChI=1S/C22H26N12O7/c1-32(13-4-2-10(3-5-13)19(39)29-11(6-14(35)36)7-15(37)38)9-12-8-27-17-16(28-12)18(33(25)20(23)40)31-22(30-17)34(26)21(24)41/h2-5,8,11H,6-7,9,25-26H2,1H3,(H2,23,40)(H2,24,41)(H,29,39)(H,35,36)(H,37,38). The molecule has 5 amide bonds. The van der Waals surface area contributed by atoms with Crippen LogP contribution in [0.25, 0.3) is 11.2 Å². The van der Waals surface area contributed by atoms with Gasteiger partial charge in [-0.1, -0.05) is 0 Å². The summed E-state index contributed by atoms with van der Waals surface area (Å²) in [5.41, 5.74) is 11.5. The molecule has 19 heteroatoms. The van der Waals surface area contributed by atoms with Gasteiger partial charge < -0.3 is 31.9 Å². The van der Waals surface area contributed by atoms with Crippen molar-refractivity contribution in [1.29, 1.82) is 0 Å². The Morgan fingerprint density at radius 2 is 1.49 bits per heavy atom. The number of carboxylic acid groups (broad SMARTS) is 2. The van der Waals surface area contributed by atoms with E-state index in [9.17, 15) is 24.0 Å². The van der Waals surface area contributed by atoms with Crippen molar-refractivity contribution in [3.8, 4) is 0 Å². The third-order valence-corrected chi connectivity index (χ3v) is 5.49. The number of fused-ring (bicyclic) bond motifs is 1. The Balaban J connectivity index is 1.82. The highest BCUT2D eigenvalue weighted by Crippen LogP contribution is 2.23. The number of nitrogens with zero attached hydrogens (tertiary/aromatic N) is 7. The molecule has 216 valence electrons. The number of carbonyl (C=O) groups excluding carboxylic acids is 3. The van der Waals surface area contributed by atoms with Gasteiger partial charge in [-0.15, -0.1) is 0 Å². The highest BCUT2D eigenvalue weighted by molar-refractivity contribution is 5.98. The summed E-state index contributed by atoms with van der Waals surface area (Å²) < 4.78 is 0. The maximum Gasteiger partial charge on any atom is 0.336 e. The molecule has 41 heavy (non-hydrogen) atoms. The van der Waals surface area contributed by atoms with E-state index in [2.05, 4.69) is 25.3 Å². The van der Waals surface area contributed by atoms with Gasteiger partial charge in [-0.2, -0.15) is 15.0 Å². The number of hydrogen-bond donors (Lipinski definition) is 7. The van der Waals surface area contributed by atoms with Crippen molar-refractivity contribution >= 4 is 58.5 Å². The number of aromatic nitrogens is 4. The van der Waals surface area contributed by atoms with Crippen molar-refractivity contribution in [1.82, 2.24) is 25.3 Å². The molecule has 0 radical (unpaired) electrons. The Kier molecular flexibility index (Phi) is 9.06. The van der Waals surface area contributed by atoms with Gasteiger partial charge in [0.25, 0.3) is 11.9 Å². The minimum Gasteiger partial charge on any atom is -0.481 e. The number of rotatable bonds is 11. The molecule has 0 fully saturated rings. The van der Waals surface area contributed by atoms with Gasteiger partial charge >= 0.3 is 24.0 Å². The zero-order chi connectivity index (χ0) is 30.4. The normalized spacial score (nSPS) is 10.7. The van der Waals surface area contributed by atoms with E-state index in [-0.39, 0.29) is 29.1 Å². The Morgan fingerprint density at radius 1 is 0.902 bits per heavy atom. The van der Waals surface area contributed by atoms with Crippen LogP contribution in [0.1, 0.15) is 28.9 Å². The molecule has 0 saturated heterocycles. The maximum atomic E-state index is 12.5. The highest BCUT2D eigenvalue weighted by atomic mass is 16.4. The third-order valence-electron chi connectivity index (χ3n) is 5.49. The molecule has 0 spiro atoms. The molecule has 19 nitrogen and oxygen atoms in total. The van der Waals surface area contributed by atoms with Crippen molar-refractivity contribution in [2.24, 2.45) is 23.2 Å². The van der Waals surface area contributed by atoms with Crippen LogP contribution in [0.5, 0.6) is 0 Å². The number of primary amides is 2. The predicted octanol–water partition coefficient (Wildman–Crippen LogP) is -1.38. The van der Waals surface area contributed by atoms with Crippen LogP contribution in [0.4, 0.5) is 27.0 Å². The van der Waals surface area contributed by atoms with Crippen molar-refractivity contribution in [2.75, 3.05) is 22.0 Å². The quantitative estimate of drug-likeness (QED) is 0.0794. The average Bonchev–Trinajstić information content (AvgIpc) is 2.90. The lowest BCUT2D eigenvalue weighted by atomic mass is 10.1. The van der Waals surface area contributed by atoms with Gasteiger partial charge in [0.2, 0.25) is 0 Å². The molecule has 0 atom stereocenters. The van der Waals surface area contributed by atoms with Gasteiger partial charge in [-0.25, -0.2) is 36.3 Å². The number of carbonyl (C=O) groups is 5. The van der Waals surface area contributed by atoms with E-state index < -0.39 is 54.7 Å². The fourth-order valence-electron chi connectivity index (χ4n) is 3.54. The number of nitrogens with two attached hydrogens (primary N) is 4. The smallest absolute Gasteiger partial charge is 0.336 e. The van der Waals surface area contributed by atoms with Crippen molar-refractivity contribution in [3.05, 3.63) is 41.7 Å². The molecule has 11 N–H and O–H groups in total. The first-order chi connectivity index (χ1) is 19.3. The number of aliphatic carboxylic acids is 2. The first kappa shape index (κ1) is 29.9. The molecule has 1 aromatic carbocycles. The summed E-state index contributed by atoms with van der Waals surface area (Å²) in [6, 6.07) is 2.92. The van der Waals surface area contributed by atoms with Crippen LogP contribution in [-0.4, -0.2) is 73.1 Å². The Labute approximate surface area is 230 Å². The van der Waals surface area contributed by atoms with E-state index in [4.69, 9.17) is 33.4 Å². The predicted molar refractivity (Wildman–Crippen MR) is 142 cm³/mol. The molecule has 0 aliphatic heterocycles. The van der Waals surface area contributed by atoms with E-state index in [0.717, 1.165) is 0 Å². The molecule has 0 saturated carbocycles. The molecule has 0 bridgehead atoms. The molecule has 3 rings (SSSR count). The fourth-order valence-corrected chi connectivity index (χ4v) is 3.54. The zero-order valence-corrected chi connectivity index (χ0v) is 21.5.